The van der Waals surface area contributed by atoms with E-state index < -0.39 is 5.54 Å². The Morgan fingerprint density at radius 3 is 2.92 bits per heavy atom. The van der Waals surface area contributed by atoms with E-state index in [-0.39, 0.29) is 6.61 Å². The zero-order valence-electron chi connectivity index (χ0n) is 7.20. The predicted molar refractivity (Wildman–Crippen MR) is 47.6 cm³/mol. The molecule has 0 aliphatic rings. The summed E-state index contributed by atoms with van der Waals surface area (Å²) in [6.07, 6.45) is 4.13. The molecule has 12 heavy (non-hydrogen) atoms. The summed E-state index contributed by atoms with van der Waals surface area (Å²) in [6, 6.07) is 3.82. The van der Waals surface area contributed by atoms with Crippen LogP contribution in [0.1, 0.15) is 12.5 Å². The minimum atomic E-state index is -0.539. The van der Waals surface area contributed by atoms with Crippen molar-refractivity contribution in [3.63, 3.8) is 0 Å². The van der Waals surface area contributed by atoms with Crippen LogP contribution in [0.2, 0.25) is 0 Å². The summed E-state index contributed by atoms with van der Waals surface area (Å²) in [5, 5.41) is 8.91. The highest BCUT2D eigenvalue weighted by Gasteiger charge is 2.17. The third-order valence-electron chi connectivity index (χ3n) is 1.69. The molecule has 1 aromatic heterocycles. The fourth-order valence-corrected chi connectivity index (χ4v) is 1.02. The predicted octanol–water partition coefficient (Wildman–Crippen LogP) is 0.334. The maximum absolute atomic E-state index is 8.91. The fraction of sp³-hybridized carbons (Fsp3) is 0.444. The van der Waals surface area contributed by atoms with Crippen LogP contribution in [0.25, 0.3) is 0 Å². The Hall–Kier alpha value is -0.930. The Morgan fingerprint density at radius 1 is 1.67 bits per heavy atom. The second kappa shape index (κ2) is 3.65. The first-order valence-corrected chi connectivity index (χ1v) is 3.93. The van der Waals surface area contributed by atoms with Crippen LogP contribution in [0.3, 0.4) is 0 Å². The highest BCUT2D eigenvalue weighted by molar-refractivity contribution is 5.12. The summed E-state index contributed by atoms with van der Waals surface area (Å²) in [5.74, 6) is 0. The normalized spacial score (nSPS) is 15.6. The SMILES string of the molecule is CC(N)(CO)Cc1cccnc1. The first-order valence-electron chi connectivity index (χ1n) is 3.93. The molecule has 0 aliphatic heterocycles. The molecule has 0 radical (unpaired) electrons. The Kier molecular flexibility index (Phi) is 2.78. The quantitative estimate of drug-likeness (QED) is 0.680. The minimum absolute atomic E-state index is 0.0120. The number of aliphatic hydroxyl groups excluding tert-OH is 1. The molecule has 66 valence electrons. The van der Waals surface area contributed by atoms with Gasteiger partial charge in [0.05, 0.1) is 6.61 Å². The molecule has 3 heteroatoms. The third kappa shape index (κ3) is 2.60. The van der Waals surface area contributed by atoms with Gasteiger partial charge in [0.1, 0.15) is 0 Å². The van der Waals surface area contributed by atoms with Gasteiger partial charge in [0.25, 0.3) is 0 Å². The number of aromatic nitrogens is 1. The first-order chi connectivity index (χ1) is 5.64. The van der Waals surface area contributed by atoms with Gasteiger partial charge in [-0.3, -0.25) is 4.98 Å². The van der Waals surface area contributed by atoms with Gasteiger partial charge in [-0.15, -0.1) is 0 Å². The number of rotatable bonds is 3. The van der Waals surface area contributed by atoms with Crippen molar-refractivity contribution in [1.29, 1.82) is 0 Å². The average molecular weight is 166 g/mol. The molecule has 0 aromatic carbocycles. The number of pyridine rings is 1. The minimum Gasteiger partial charge on any atom is -0.394 e. The number of hydrogen-bond acceptors (Lipinski definition) is 3. The molecule has 3 nitrogen and oxygen atoms in total. The van der Waals surface area contributed by atoms with E-state index in [1.165, 1.54) is 0 Å². The van der Waals surface area contributed by atoms with Crippen molar-refractivity contribution in [2.75, 3.05) is 6.61 Å². The van der Waals surface area contributed by atoms with Gasteiger partial charge in [-0.05, 0) is 25.0 Å². The molecule has 1 aromatic rings. The topological polar surface area (TPSA) is 59.1 Å². The van der Waals surface area contributed by atoms with E-state index in [1.54, 1.807) is 12.4 Å². The summed E-state index contributed by atoms with van der Waals surface area (Å²) in [6.45, 7) is 1.81. The zero-order valence-corrected chi connectivity index (χ0v) is 7.20. The zero-order chi connectivity index (χ0) is 9.03. The Labute approximate surface area is 72.2 Å². The van der Waals surface area contributed by atoms with E-state index in [0.717, 1.165) is 5.56 Å². The van der Waals surface area contributed by atoms with Crippen molar-refractivity contribution < 1.29 is 5.11 Å². The van der Waals surface area contributed by atoms with Gasteiger partial charge in [0.15, 0.2) is 0 Å². The van der Waals surface area contributed by atoms with E-state index in [9.17, 15) is 0 Å². The Morgan fingerprint density at radius 2 is 2.42 bits per heavy atom. The molecule has 1 unspecified atom stereocenters. The molecule has 1 heterocycles. The lowest BCUT2D eigenvalue weighted by Crippen LogP contribution is -2.42. The van der Waals surface area contributed by atoms with Crippen molar-refractivity contribution in [3.05, 3.63) is 30.1 Å². The van der Waals surface area contributed by atoms with E-state index in [4.69, 9.17) is 10.8 Å². The van der Waals surface area contributed by atoms with Gasteiger partial charge in [-0.1, -0.05) is 6.07 Å². The molecule has 0 spiro atoms. The van der Waals surface area contributed by atoms with Crippen molar-refractivity contribution in [2.45, 2.75) is 18.9 Å². The van der Waals surface area contributed by atoms with Gasteiger partial charge in [-0.2, -0.15) is 0 Å². The molecule has 1 rings (SSSR count). The molecule has 0 fully saturated rings. The number of nitrogens with two attached hydrogens (primary N) is 1. The Balaban J connectivity index is 2.64. The van der Waals surface area contributed by atoms with Crippen LogP contribution < -0.4 is 5.73 Å². The van der Waals surface area contributed by atoms with E-state index in [2.05, 4.69) is 4.98 Å². The van der Waals surface area contributed by atoms with E-state index in [1.807, 2.05) is 19.1 Å². The van der Waals surface area contributed by atoms with Crippen LogP contribution in [0.15, 0.2) is 24.5 Å². The largest absolute Gasteiger partial charge is 0.394 e. The van der Waals surface area contributed by atoms with Crippen molar-refractivity contribution in [2.24, 2.45) is 5.73 Å². The molecule has 0 amide bonds. The molecular formula is C9H14N2O. The van der Waals surface area contributed by atoms with Gasteiger partial charge in [-0.25, -0.2) is 0 Å². The van der Waals surface area contributed by atoms with Gasteiger partial charge in [0.2, 0.25) is 0 Å². The lowest BCUT2D eigenvalue weighted by atomic mass is 9.96. The van der Waals surface area contributed by atoms with Gasteiger partial charge < -0.3 is 10.8 Å². The van der Waals surface area contributed by atoms with Crippen LogP contribution >= 0.6 is 0 Å². The molecule has 0 saturated heterocycles. The van der Waals surface area contributed by atoms with E-state index >= 15 is 0 Å². The second-order valence-corrected chi connectivity index (χ2v) is 3.35. The van der Waals surface area contributed by atoms with Crippen LogP contribution in [0.4, 0.5) is 0 Å². The highest BCUT2D eigenvalue weighted by Crippen LogP contribution is 2.07. The van der Waals surface area contributed by atoms with Crippen LogP contribution in [-0.2, 0) is 6.42 Å². The molecule has 0 saturated carbocycles. The van der Waals surface area contributed by atoms with E-state index in [0.29, 0.717) is 6.42 Å². The fourth-order valence-electron chi connectivity index (χ4n) is 1.02. The smallest absolute Gasteiger partial charge is 0.0611 e. The maximum Gasteiger partial charge on any atom is 0.0611 e. The standard InChI is InChI=1S/C9H14N2O/c1-9(10,7-12)5-8-3-2-4-11-6-8/h2-4,6,12H,5,7,10H2,1H3. The van der Waals surface area contributed by atoms with Crippen molar-refractivity contribution in [3.8, 4) is 0 Å². The highest BCUT2D eigenvalue weighted by atomic mass is 16.3. The number of hydrogen-bond donors (Lipinski definition) is 2. The number of nitrogens with zero attached hydrogens (tertiary/aromatic N) is 1. The van der Waals surface area contributed by atoms with Crippen molar-refractivity contribution >= 4 is 0 Å². The molecular weight excluding hydrogens is 152 g/mol. The summed E-state index contributed by atoms with van der Waals surface area (Å²) >= 11 is 0. The van der Waals surface area contributed by atoms with Crippen LogP contribution in [0.5, 0.6) is 0 Å². The third-order valence-corrected chi connectivity index (χ3v) is 1.69. The van der Waals surface area contributed by atoms with Crippen molar-refractivity contribution in [1.82, 2.24) is 4.98 Å². The summed E-state index contributed by atoms with van der Waals surface area (Å²) < 4.78 is 0. The lowest BCUT2D eigenvalue weighted by Gasteiger charge is -2.21. The lowest BCUT2D eigenvalue weighted by molar-refractivity contribution is 0.208. The average Bonchev–Trinajstić information content (AvgIpc) is 2.06. The molecule has 0 bridgehead atoms. The van der Waals surface area contributed by atoms with Gasteiger partial charge >= 0.3 is 0 Å². The van der Waals surface area contributed by atoms with Crippen LogP contribution in [0, 0.1) is 0 Å². The maximum atomic E-state index is 8.91. The molecule has 3 N–H and O–H groups in total. The van der Waals surface area contributed by atoms with Crippen LogP contribution in [-0.4, -0.2) is 22.2 Å². The Bertz CT molecular complexity index is 234. The first kappa shape index (κ1) is 9.16. The van der Waals surface area contributed by atoms with Gasteiger partial charge in [0, 0.05) is 17.9 Å². The number of aliphatic hydroxyl groups is 1. The monoisotopic (exact) mass is 166 g/mol. The summed E-state index contributed by atoms with van der Waals surface area (Å²) in [5.41, 5.74) is 6.28. The molecule has 1 atom stereocenters. The second-order valence-electron chi connectivity index (χ2n) is 3.35. The summed E-state index contributed by atoms with van der Waals surface area (Å²) in [7, 11) is 0. The summed E-state index contributed by atoms with van der Waals surface area (Å²) in [4.78, 5) is 3.97. The molecule has 0 aliphatic carbocycles.